The summed E-state index contributed by atoms with van der Waals surface area (Å²) in [7, 11) is 0. The molecular weight excluding hydrogens is 314 g/mol. The highest BCUT2D eigenvalue weighted by molar-refractivity contribution is 7.19. The minimum atomic E-state index is 0.304. The van der Waals surface area contributed by atoms with Crippen molar-refractivity contribution in [2.75, 3.05) is 5.32 Å². The molecule has 0 aliphatic heterocycles. The van der Waals surface area contributed by atoms with Crippen LogP contribution in [0.3, 0.4) is 0 Å². The third-order valence-corrected chi connectivity index (χ3v) is 5.66. The summed E-state index contributed by atoms with van der Waals surface area (Å²) in [6, 6.07) is 6.34. The molecule has 3 nitrogen and oxygen atoms in total. The number of nitrogens with one attached hydrogen (secondary N) is 1. The van der Waals surface area contributed by atoms with Crippen LogP contribution >= 0.6 is 22.9 Å². The molecule has 0 fully saturated rings. The molecule has 0 saturated carbocycles. The van der Waals surface area contributed by atoms with Gasteiger partial charge >= 0.3 is 0 Å². The van der Waals surface area contributed by atoms with Gasteiger partial charge in [-0.05, 0) is 73.5 Å². The van der Waals surface area contributed by atoms with Crippen LogP contribution in [0.1, 0.15) is 28.0 Å². The molecule has 0 amide bonds. The fourth-order valence-corrected chi connectivity index (χ4v) is 4.50. The Balaban J connectivity index is 1.85. The molecule has 2 aromatic heterocycles. The Kier molecular flexibility index (Phi) is 3.31. The molecule has 1 aromatic carbocycles. The molecule has 4 rings (SSSR count). The summed E-state index contributed by atoms with van der Waals surface area (Å²) >= 11 is 7.87. The zero-order valence-corrected chi connectivity index (χ0v) is 14.1. The van der Waals surface area contributed by atoms with E-state index in [-0.39, 0.29) is 0 Å². The van der Waals surface area contributed by atoms with Gasteiger partial charge in [-0.15, -0.1) is 11.3 Å². The van der Waals surface area contributed by atoms with Crippen LogP contribution < -0.4 is 5.32 Å². The summed E-state index contributed by atoms with van der Waals surface area (Å²) in [5.41, 5.74) is 4.99. The summed E-state index contributed by atoms with van der Waals surface area (Å²) in [5, 5.41) is 4.90. The summed E-state index contributed by atoms with van der Waals surface area (Å²) in [4.78, 5) is 11.3. The highest BCUT2D eigenvalue weighted by Crippen LogP contribution is 2.40. The summed E-state index contributed by atoms with van der Waals surface area (Å²) < 4.78 is 0. The maximum Gasteiger partial charge on any atom is 0.225 e. The second kappa shape index (κ2) is 5.21. The first kappa shape index (κ1) is 14.0. The lowest BCUT2D eigenvalue weighted by Crippen LogP contribution is -1.98. The predicted molar refractivity (Wildman–Crippen MR) is 93.6 cm³/mol. The first-order chi connectivity index (χ1) is 10.6. The van der Waals surface area contributed by atoms with Crippen molar-refractivity contribution in [3.63, 3.8) is 0 Å². The van der Waals surface area contributed by atoms with E-state index in [1.165, 1.54) is 28.0 Å². The van der Waals surface area contributed by atoms with Crippen LogP contribution in [0.15, 0.2) is 18.2 Å². The van der Waals surface area contributed by atoms with Gasteiger partial charge < -0.3 is 5.32 Å². The van der Waals surface area contributed by atoms with Gasteiger partial charge in [0.1, 0.15) is 10.6 Å². The highest BCUT2D eigenvalue weighted by atomic mass is 35.5. The number of aromatic nitrogens is 2. The largest absolute Gasteiger partial charge is 0.340 e. The van der Waals surface area contributed by atoms with Crippen LogP contribution in [0, 0.1) is 13.8 Å². The van der Waals surface area contributed by atoms with Gasteiger partial charge in [0.15, 0.2) is 0 Å². The molecule has 0 radical (unpaired) electrons. The zero-order valence-electron chi connectivity index (χ0n) is 12.5. The average Bonchev–Trinajstić information content (AvgIpc) is 3.02. The first-order valence-electron chi connectivity index (χ1n) is 7.44. The minimum absolute atomic E-state index is 0.304. The van der Waals surface area contributed by atoms with E-state index in [0.29, 0.717) is 5.28 Å². The standard InChI is InChI=1S/C17H16ClN3S/c1-9-6-7-11(8-10(9)2)19-15-14-12-4-3-5-13(12)22-16(14)21-17(18)20-15/h6-8H,3-5H2,1-2H3,(H,19,20,21). The van der Waals surface area contributed by atoms with Gasteiger partial charge in [-0.2, -0.15) is 4.98 Å². The molecule has 5 heteroatoms. The first-order valence-corrected chi connectivity index (χ1v) is 8.63. The highest BCUT2D eigenvalue weighted by Gasteiger charge is 2.22. The molecule has 22 heavy (non-hydrogen) atoms. The quantitative estimate of drug-likeness (QED) is 0.657. The van der Waals surface area contributed by atoms with E-state index in [9.17, 15) is 0 Å². The molecule has 1 aliphatic carbocycles. The second-order valence-corrected chi connectivity index (χ2v) is 7.22. The van der Waals surface area contributed by atoms with E-state index in [1.54, 1.807) is 11.3 Å². The summed E-state index contributed by atoms with van der Waals surface area (Å²) in [6.07, 6.45) is 3.49. The summed E-state index contributed by atoms with van der Waals surface area (Å²) in [6.45, 7) is 4.23. The number of aryl methyl sites for hydroxylation is 4. The van der Waals surface area contributed by atoms with Crippen molar-refractivity contribution in [2.45, 2.75) is 33.1 Å². The van der Waals surface area contributed by atoms with E-state index in [0.717, 1.165) is 34.6 Å². The van der Waals surface area contributed by atoms with Crippen molar-refractivity contribution in [3.05, 3.63) is 45.1 Å². The van der Waals surface area contributed by atoms with Gasteiger partial charge in [0.05, 0.1) is 5.39 Å². The Morgan fingerprint density at radius 1 is 1.14 bits per heavy atom. The number of thiophene rings is 1. The Morgan fingerprint density at radius 2 is 2.00 bits per heavy atom. The van der Waals surface area contributed by atoms with Crippen molar-refractivity contribution in [3.8, 4) is 0 Å². The number of benzene rings is 1. The Hall–Kier alpha value is -1.65. The summed E-state index contributed by atoms with van der Waals surface area (Å²) in [5.74, 6) is 0.831. The fourth-order valence-electron chi connectivity index (χ4n) is 3.02. The van der Waals surface area contributed by atoms with Crippen LogP contribution in [-0.2, 0) is 12.8 Å². The number of rotatable bonds is 2. The molecule has 112 valence electrons. The predicted octanol–water partition coefficient (Wildman–Crippen LogP) is 5.19. The number of nitrogens with zero attached hydrogens (tertiary/aromatic N) is 2. The Bertz CT molecular complexity index is 885. The molecule has 1 aliphatic rings. The number of hydrogen-bond donors (Lipinski definition) is 1. The zero-order chi connectivity index (χ0) is 15.3. The van der Waals surface area contributed by atoms with Gasteiger partial charge in [0.25, 0.3) is 0 Å². The Morgan fingerprint density at radius 3 is 2.82 bits per heavy atom. The molecule has 0 bridgehead atoms. The van der Waals surface area contributed by atoms with Crippen LogP contribution in [-0.4, -0.2) is 9.97 Å². The number of halogens is 1. The third kappa shape index (κ3) is 2.27. The lowest BCUT2D eigenvalue weighted by molar-refractivity contribution is 0.917. The van der Waals surface area contributed by atoms with Crippen LogP contribution in [0.2, 0.25) is 5.28 Å². The number of anilines is 2. The van der Waals surface area contributed by atoms with Crippen molar-refractivity contribution in [2.24, 2.45) is 0 Å². The van der Waals surface area contributed by atoms with Crippen molar-refractivity contribution in [1.29, 1.82) is 0 Å². The van der Waals surface area contributed by atoms with Crippen molar-refractivity contribution >= 4 is 44.7 Å². The molecule has 0 spiro atoms. The van der Waals surface area contributed by atoms with Gasteiger partial charge in [-0.25, -0.2) is 4.98 Å². The molecule has 1 N–H and O–H groups in total. The van der Waals surface area contributed by atoms with Crippen LogP contribution in [0.25, 0.3) is 10.2 Å². The lowest BCUT2D eigenvalue weighted by Gasteiger charge is -2.10. The van der Waals surface area contributed by atoms with Crippen molar-refractivity contribution in [1.82, 2.24) is 9.97 Å². The third-order valence-electron chi connectivity index (χ3n) is 4.31. The molecule has 2 heterocycles. The van der Waals surface area contributed by atoms with Gasteiger partial charge in [0.2, 0.25) is 5.28 Å². The van der Waals surface area contributed by atoms with Crippen molar-refractivity contribution < 1.29 is 0 Å². The Labute approximate surface area is 138 Å². The maximum absolute atomic E-state index is 6.11. The average molecular weight is 330 g/mol. The number of hydrogen-bond acceptors (Lipinski definition) is 4. The topological polar surface area (TPSA) is 37.8 Å². The minimum Gasteiger partial charge on any atom is -0.340 e. The van der Waals surface area contributed by atoms with E-state index in [2.05, 4.69) is 47.3 Å². The van der Waals surface area contributed by atoms with E-state index >= 15 is 0 Å². The van der Waals surface area contributed by atoms with Gasteiger partial charge in [-0.3, -0.25) is 0 Å². The second-order valence-electron chi connectivity index (χ2n) is 5.80. The van der Waals surface area contributed by atoms with Crippen LogP contribution in [0.5, 0.6) is 0 Å². The fraction of sp³-hybridized carbons (Fsp3) is 0.294. The molecule has 0 atom stereocenters. The molecule has 3 aromatic rings. The SMILES string of the molecule is Cc1ccc(Nc2nc(Cl)nc3sc4c(c23)CCC4)cc1C. The smallest absolute Gasteiger partial charge is 0.225 e. The number of fused-ring (bicyclic) bond motifs is 3. The molecule has 0 saturated heterocycles. The van der Waals surface area contributed by atoms with E-state index in [4.69, 9.17) is 11.6 Å². The van der Waals surface area contributed by atoms with E-state index in [1.807, 2.05) is 0 Å². The van der Waals surface area contributed by atoms with Crippen LogP contribution in [0.4, 0.5) is 11.5 Å². The maximum atomic E-state index is 6.11. The van der Waals surface area contributed by atoms with E-state index < -0.39 is 0 Å². The normalized spacial score (nSPS) is 13.6. The lowest BCUT2D eigenvalue weighted by atomic mass is 10.1. The van der Waals surface area contributed by atoms with Gasteiger partial charge in [0, 0.05) is 10.6 Å². The monoisotopic (exact) mass is 329 g/mol. The molecular formula is C17H16ClN3S. The van der Waals surface area contributed by atoms with Gasteiger partial charge in [-0.1, -0.05) is 6.07 Å². The molecule has 0 unspecified atom stereocenters.